The molecule has 0 spiro atoms. The molecule has 1 fully saturated rings. The number of carbonyl (C=O) groups excluding carboxylic acids is 2. The number of alkyl halides is 3. The first-order chi connectivity index (χ1) is 9.74. The molecule has 0 unspecified atom stereocenters. The fourth-order valence-corrected chi connectivity index (χ4v) is 2.03. The number of carbonyl (C=O) groups is 2. The van der Waals surface area contributed by atoms with Gasteiger partial charge in [-0.05, 0) is 26.2 Å². The van der Waals surface area contributed by atoms with Gasteiger partial charge in [-0.3, -0.25) is 4.79 Å². The lowest BCUT2D eigenvalue weighted by Crippen LogP contribution is -2.26. The SMILES string of the molecule is CC(C)(C)OC(=O)[C@@H]1[C@H](C#CC(=O)OCC(F)(F)F)C1(C)C. The van der Waals surface area contributed by atoms with Gasteiger partial charge in [-0.15, -0.1) is 0 Å². The maximum atomic E-state index is 12.0. The molecule has 0 amide bonds. The van der Waals surface area contributed by atoms with Crippen LogP contribution in [-0.4, -0.2) is 30.3 Å². The Morgan fingerprint density at radius 1 is 1.18 bits per heavy atom. The predicted molar refractivity (Wildman–Crippen MR) is 71.4 cm³/mol. The minimum atomic E-state index is -4.59. The number of ether oxygens (including phenoxy) is 2. The van der Waals surface area contributed by atoms with Crippen molar-refractivity contribution >= 4 is 11.9 Å². The normalized spacial score (nSPS) is 23.1. The number of esters is 2. The molecule has 7 heteroatoms. The lowest BCUT2D eigenvalue weighted by atomic mass is 10.1. The monoisotopic (exact) mass is 320 g/mol. The van der Waals surface area contributed by atoms with Crippen LogP contribution in [-0.2, 0) is 19.1 Å². The molecule has 0 heterocycles. The molecule has 1 rings (SSSR count). The Kier molecular flexibility index (Phi) is 4.85. The van der Waals surface area contributed by atoms with Crippen molar-refractivity contribution in [2.45, 2.75) is 46.4 Å². The summed E-state index contributed by atoms with van der Waals surface area (Å²) in [5.74, 6) is 1.87. The first-order valence-corrected chi connectivity index (χ1v) is 6.72. The molecule has 0 aromatic rings. The Hall–Kier alpha value is -1.71. The minimum absolute atomic E-state index is 0.430. The van der Waals surface area contributed by atoms with E-state index in [1.165, 1.54) is 0 Å². The Morgan fingerprint density at radius 3 is 2.18 bits per heavy atom. The van der Waals surface area contributed by atoms with Crippen molar-refractivity contribution < 1.29 is 32.2 Å². The van der Waals surface area contributed by atoms with Gasteiger partial charge in [0.1, 0.15) is 5.60 Å². The standard InChI is InChI=1S/C15H19F3O4/c1-13(2,3)22-12(20)11-9(14(11,4)5)6-7-10(19)21-8-15(16,17)18/h9,11H,8H2,1-5H3/t9-,11-/m0/s1. The van der Waals surface area contributed by atoms with E-state index < -0.39 is 47.6 Å². The van der Waals surface area contributed by atoms with Gasteiger partial charge in [-0.2, -0.15) is 13.2 Å². The molecule has 0 radical (unpaired) electrons. The summed E-state index contributed by atoms with van der Waals surface area (Å²) in [7, 11) is 0. The molecule has 1 aliphatic carbocycles. The lowest BCUT2D eigenvalue weighted by Gasteiger charge is -2.19. The van der Waals surface area contributed by atoms with Crippen LogP contribution < -0.4 is 0 Å². The molecule has 0 N–H and O–H groups in total. The highest BCUT2D eigenvalue weighted by molar-refractivity contribution is 5.89. The van der Waals surface area contributed by atoms with Crippen molar-refractivity contribution in [1.82, 2.24) is 0 Å². The van der Waals surface area contributed by atoms with E-state index in [1.54, 1.807) is 34.6 Å². The Bertz CT molecular complexity index is 518. The van der Waals surface area contributed by atoms with Crippen LogP contribution >= 0.6 is 0 Å². The van der Waals surface area contributed by atoms with Crippen LogP contribution in [0.3, 0.4) is 0 Å². The molecule has 22 heavy (non-hydrogen) atoms. The van der Waals surface area contributed by atoms with Gasteiger partial charge in [0, 0.05) is 11.8 Å². The zero-order chi connectivity index (χ0) is 17.3. The van der Waals surface area contributed by atoms with Crippen LogP contribution in [0, 0.1) is 29.1 Å². The van der Waals surface area contributed by atoms with Crippen molar-refractivity contribution in [1.29, 1.82) is 0 Å². The molecule has 2 atom stereocenters. The summed E-state index contributed by atoms with van der Waals surface area (Å²) in [5.41, 5.74) is -1.13. The molecule has 124 valence electrons. The van der Waals surface area contributed by atoms with E-state index >= 15 is 0 Å². The molecular weight excluding hydrogens is 301 g/mol. The third-order valence-corrected chi connectivity index (χ3v) is 3.18. The quantitative estimate of drug-likeness (QED) is 0.446. The maximum absolute atomic E-state index is 12.0. The fourth-order valence-electron chi connectivity index (χ4n) is 2.03. The summed E-state index contributed by atoms with van der Waals surface area (Å²) in [6, 6.07) is 0. The average Bonchev–Trinajstić information content (AvgIpc) is 2.82. The van der Waals surface area contributed by atoms with Gasteiger partial charge in [0.25, 0.3) is 0 Å². The second-order valence-corrected chi connectivity index (χ2v) is 6.77. The van der Waals surface area contributed by atoms with Gasteiger partial charge >= 0.3 is 18.1 Å². The van der Waals surface area contributed by atoms with E-state index in [9.17, 15) is 22.8 Å². The second-order valence-electron chi connectivity index (χ2n) is 6.77. The van der Waals surface area contributed by atoms with Crippen LogP contribution in [0.2, 0.25) is 0 Å². The largest absolute Gasteiger partial charge is 0.460 e. The summed E-state index contributed by atoms with van der Waals surface area (Å²) in [6.07, 6.45) is -4.59. The smallest absolute Gasteiger partial charge is 0.422 e. The van der Waals surface area contributed by atoms with Gasteiger partial charge in [0.2, 0.25) is 0 Å². The van der Waals surface area contributed by atoms with Crippen molar-refractivity contribution in [2.24, 2.45) is 17.3 Å². The predicted octanol–water partition coefficient (Wildman–Crippen LogP) is 2.71. The highest BCUT2D eigenvalue weighted by Crippen LogP contribution is 2.58. The van der Waals surface area contributed by atoms with Crippen LogP contribution in [0.5, 0.6) is 0 Å². The average molecular weight is 320 g/mol. The summed E-state index contributed by atoms with van der Waals surface area (Å²) < 4.78 is 44.9. The van der Waals surface area contributed by atoms with Gasteiger partial charge in [-0.1, -0.05) is 19.8 Å². The van der Waals surface area contributed by atoms with Crippen LogP contribution in [0.25, 0.3) is 0 Å². The van der Waals surface area contributed by atoms with Gasteiger partial charge in [-0.25, -0.2) is 4.79 Å². The van der Waals surface area contributed by atoms with Crippen molar-refractivity contribution in [3.05, 3.63) is 0 Å². The molecule has 0 bridgehead atoms. The molecule has 0 aromatic heterocycles. The first-order valence-electron chi connectivity index (χ1n) is 6.72. The number of hydrogen-bond acceptors (Lipinski definition) is 4. The van der Waals surface area contributed by atoms with Crippen molar-refractivity contribution in [3.8, 4) is 11.8 Å². The summed E-state index contributed by atoms with van der Waals surface area (Å²) in [4.78, 5) is 23.1. The highest BCUT2D eigenvalue weighted by Gasteiger charge is 2.62. The third kappa shape index (κ3) is 5.24. The van der Waals surface area contributed by atoms with Gasteiger partial charge in [0.15, 0.2) is 6.61 Å². The Labute approximate surface area is 127 Å². The number of halogens is 3. The molecule has 0 saturated heterocycles. The molecular formula is C15H19F3O4. The maximum Gasteiger partial charge on any atom is 0.422 e. The van der Waals surface area contributed by atoms with Crippen molar-refractivity contribution in [3.63, 3.8) is 0 Å². The number of rotatable bonds is 2. The second kappa shape index (κ2) is 5.82. The van der Waals surface area contributed by atoms with E-state index in [2.05, 4.69) is 10.7 Å². The van der Waals surface area contributed by atoms with Gasteiger partial charge in [0.05, 0.1) is 5.92 Å². The summed E-state index contributed by atoms with van der Waals surface area (Å²) in [6.45, 7) is 7.08. The van der Waals surface area contributed by atoms with Crippen LogP contribution in [0.1, 0.15) is 34.6 Å². The third-order valence-electron chi connectivity index (χ3n) is 3.18. The highest BCUT2D eigenvalue weighted by atomic mass is 19.4. The Morgan fingerprint density at radius 2 is 1.73 bits per heavy atom. The first kappa shape index (κ1) is 18.3. The summed E-state index contributed by atoms with van der Waals surface area (Å²) in [5, 5.41) is 0. The molecule has 0 aliphatic heterocycles. The van der Waals surface area contributed by atoms with E-state index in [1.807, 2.05) is 5.92 Å². The van der Waals surface area contributed by atoms with Crippen LogP contribution in [0.4, 0.5) is 13.2 Å². The fraction of sp³-hybridized carbons (Fsp3) is 0.733. The molecule has 4 nitrogen and oxygen atoms in total. The van der Waals surface area contributed by atoms with E-state index in [4.69, 9.17) is 4.74 Å². The molecule has 0 aromatic carbocycles. The minimum Gasteiger partial charge on any atom is -0.460 e. The van der Waals surface area contributed by atoms with Crippen LogP contribution in [0.15, 0.2) is 0 Å². The zero-order valence-electron chi connectivity index (χ0n) is 13.1. The van der Waals surface area contributed by atoms with E-state index in [0.29, 0.717) is 0 Å². The number of hydrogen-bond donors (Lipinski definition) is 0. The topological polar surface area (TPSA) is 52.6 Å². The van der Waals surface area contributed by atoms with E-state index in [-0.39, 0.29) is 0 Å². The van der Waals surface area contributed by atoms with E-state index in [0.717, 1.165) is 0 Å². The summed E-state index contributed by atoms with van der Waals surface area (Å²) >= 11 is 0. The Balaban J connectivity index is 2.62. The lowest BCUT2D eigenvalue weighted by molar-refractivity contribution is -0.182. The zero-order valence-corrected chi connectivity index (χ0v) is 13.1. The van der Waals surface area contributed by atoms with Gasteiger partial charge < -0.3 is 9.47 Å². The molecule has 1 saturated carbocycles. The molecule has 1 aliphatic rings. The van der Waals surface area contributed by atoms with Crippen molar-refractivity contribution in [2.75, 3.05) is 6.61 Å².